The maximum Gasteiger partial charge on any atom is 0.273 e. The Kier molecular flexibility index (Phi) is 7.24. The van der Waals surface area contributed by atoms with E-state index in [1.54, 1.807) is 24.4 Å². The van der Waals surface area contributed by atoms with Gasteiger partial charge in [-0.1, -0.05) is 47.9 Å². The zero-order valence-corrected chi connectivity index (χ0v) is 17.8. The van der Waals surface area contributed by atoms with Gasteiger partial charge < -0.3 is 19.6 Å². The Morgan fingerprint density at radius 2 is 2.20 bits per heavy atom. The second kappa shape index (κ2) is 10.1. The Hall–Kier alpha value is -3.13. The van der Waals surface area contributed by atoms with Crippen molar-refractivity contribution in [2.75, 3.05) is 20.7 Å². The van der Waals surface area contributed by atoms with Gasteiger partial charge in [-0.2, -0.15) is 0 Å². The molecule has 1 aliphatic heterocycles. The van der Waals surface area contributed by atoms with Gasteiger partial charge in [-0.05, 0) is 18.1 Å². The molecule has 30 heavy (non-hydrogen) atoms. The van der Waals surface area contributed by atoms with Gasteiger partial charge in [-0.3, -0.25) is 4.79 Å². The third kappa shape index (κ3) is 4.88. The van der Waals surface area contributed by atoms with Crippen molar-refractivity contribution in [1.29, 1.82) is 0 Å². The van der Waals surface area contributed by atoms with Crippen molar-refractivity contribution in [3.63, 3.8) is 0 Å². The van der Waals surface area contributed by atoms with Gasteiger partial charge >= 0.3 is 0 Å². The smallest absolute Gasteiger partial charge is 0.273 e. The van der Waals surface area contributed by atoms with Crippen LogP contribution in [-0.4, -0.2) is 49.3 Å². The molecule has 3 rings (SSSR count). The van der Waals surface area contributed by atoms with E-state index in [1.807, 2.05) is 12.1 Å². The predicted octanol–water partition coefficient (Wildman–Crippen LogP) is 2.97. The lowest BCUT2D eigenvalue weighted by Gasteiger charge is -2.13. The highest BCUT2D eigenvalue weighted by molar-refractivity contribution is 6.45. The summed E-state index contributed by atoms with van der Waals surface area (Å²) in [4.78, 5) is 25.7. The number of carbonyl (C=O) groups excluding carboxylic acids is 1. The summed E-state index contributed by atoms with van der Waals surface area (Å²) in [7, 11) is 2.91. The molecule has 1 amide bonds. The van der Waals surface area contributed by atoms with Gasteiger partial charge in [-0.15, -0.1) is 0 Å². The summed E-state index contributed by atoms with van der Waals surface area (Å²) in [6, 6.07) is 8.96. The largest absolute Gasteiger partial charge is 0.472 e. The van der Waals surface area contributed by atoms with Crippen LogP contribution in [0.15, 0.2) is 46.7 Å². The van der Waals surface area contributed by atoms with Gasteiger partial charge in [0.1, 0.15) is 24.8 Å². The van der Waals surface area contributed by atoms with Gasteiger partial charge in [-0.25, -0.2) is 9.98 Å². The molecule has 1 atom stereocenters. The summed E-state index contributed by atoms with van der Waals surface area (Å²) in [6.45, 7) is 2.82. The first-order valence-corrected chi connectivity index (χ1v) is 9.86. The van der Waals surface area contributed by atoms with Crippen LogP contribution in [-0.2, 0) is 21.0 Å². The SMILES string of the molecule is CCC1CN=C(c2cnc(OCc3ccccc3/C(=N\OC)C(=O)NC)c(Cl)c2)O1. The van der Waals surface area contributed by atoms with E-state index in [1.165, 1.54) is 14.2 Å². The lowest BCUT2D eigenvalue weighted by molar-refractivity contribution is -0.114. The lowest BCUT2D eigenvalue weighted by Crippen LogP contribution is -2.29. The van der Waals surface area contributed by atoms with Crippen LogP contribution in [0.5, 0.6) is 5.88 Å². The number of carbonyl (C=O) groups is 1. The van der Waals surface area contributed by atoms with Crippen molar-refractivity contribution in [2.24, 2.45) is 10.1 Å². The van der Waals surface area contributed by atoms with Crippen LogP contribution < -0.4 is 10.1 Å². The molecule has 0 radical (unpaired) electrons. The van der Waals surface area contributed by atoms with Crippen molar-refractivity contribution in [3.05, 3.63) is 58.2 Å². The van der Waals surface area contributed by atoms with Crippen LogP contribution >= 0.6 is 11.6 Å². The molecular weight excluding hydrogens is 408 g/mol. The van der Waals surface area contributed by atoms with E-state index in [9.17, 15) is 4.79 Å². The monoisotopic (exact) mass is 430 g/mol. The maximum absolute atomic E-state index is 12.2. The van der Waals surface area contributed by atoms with Gasteiger partial charge in [0.2, 0.25) is 11.8 Å². The van der Waals surface area contributed by atoms with E-state index >= 15 is 0 Å². The summed E-state index contributed by atoms with van der Waals surface area (Å²) in [5, 5.41) is 6.74. The van der Waals surface area contributed by atoms with Crippen molar-refractivity contribution in [2.45, 2.75) is 26.1 Å². The molecule has 1 aromatic heterocycles. The van der Waals surface area contributed by atoms with E-state index in [2.05, 4.69) is 27.4 Å². The zero-order valence-electron chi connectivity index (χ0n) is 17.0. The minimum absolute atomic E-state index is 0.0921. The highest BCUT2D eigenvalue weighted by Gasteiger charge is 2.21. The van der Waals surface area contributed by atoms with Crippen LogP contribution in [0.4, 0.5) is 0 Å². The Bertz CT molecular complexity index is 977. The van der Waals surface area contributed by atoms with Crippen LogP contribution in [0.2, 0.25) is 5.02 Å². The first-order valence-electron chi connectivity index (χ1n) is 9.48. The van der Waals surface area contributed by atoms with E-state index < -0.39 is 0 Å². The van der Waals surface area contributed by atoms with Gasteiger partial charge in [0.05, 0.1) is 12.1 Å². The summed E-state index contributed by atoms with van der Waals surface area (Å²) < 4.78 is 11.6. The highest BCUT2D eigenvalue weighted by Crippen LogP contribution is 2.26. The Balaban J connectivity index is 1.77. The van der Waals surface area contributed by atoms with E-state index in [0.717, 1.165) is 12.0 Å². The minimum Gasteiger partial charge on any atom is -0.472 e. The molecule has 0 spiro atoms. The second-order valence-electron chi connectivity index (χ2n) is 6.45. The molecule has 0 fully saturated rings. The lowest BCUT2D eigenvalue weighted by atomic mass is 10.0. The molecule has 2 aromatic rings. The molecule has 2 heterocycles. The van der Waals surface area contributed by atoms with E-state index in [-0.39, 0.29) is 30.2 Å². The van der Waals surface area contributed by atoms with E-state index in [4.69, 9.17) is 25.9 Å². The van der Waals surface area contributed by atoms with E-state index in [0.29, 0.717) is 28.6 Å². The average molecular weight is 431 g/mol. The molecule has 0 aliphatic carbocycles. The third-order valence-electron chi connectivity index (χ3n) is 4.49. The van der Waals surface area contributed by atoms with Crippen LogP contribution in [0.25, 0.3) is 0 Å². The fraction of sp³-hybridized carbons (Fsp3) is 0.333. The first kappa shape index (κ1) is 21.6. The van der Waals surface area contributed by atoms with Crippen molar-refractivity contribution in [1.82, 2.24) is 10.3 Å². The number of oxime groups is 1. The van der Waals surface area contributed by atoms with Crippen LogP contribution in [0, 0.1) is 0 Å². The quantitative estimate of drug-likeness (QED) is 0.513. The molecule has 1 aromatic carbocycles. The number of amides is 1. The summed E-state index contributed by atoms with van der Waals surface area (Å²) in [6.07, 6.45) is 2.60. The fourth-order valence-electron chi connectivity index (χ4n) is 2.88. The number of benzene rings is 1. The zero-order chi connectivity index (χ0) is 21.5. The molecule has 158 valence electrons. The predicted molar refractivity (Wildman–Crippen MR) is 114 cm³/mol. The van der Waals surface area contributed by atoms with Gasteiger partial charge in [0.15, 0.2) is 5.71 Å². The maximum atomic E-state index is 12.2. The third-order valence-corrected chi connectivity index (χ3v) is 4.76. The number of rotatable bonds is 8. The number of aromatic nitrogens is 1. The topological polar surface area (TPSA) is 94.4 Å². The van der Waals surface area contributed by atoms with Gasteiger partial charge in [0, 0.05) is 18.8 Å². The molecule has 0 saturated heterocycles. The number of hydrogen-bond acceptors (Lipinski definition) is 7. The number of aliphatic imine (C=N–C) groups is 1. The molecular formula is C21H23ClN4O4. The normalized spacial score (nSPS) is 15.9. The number of ether oxygens (including phenoxy) is 2. The molecule has 0 bridgehead atoms. The summed E-state index contributed by atoms with van der Waals surface area (Å²) in [5.74, 6) is 0.442. The highest BCUT2D eigenvalue weighted by atomic mass is 35.5. The summed E-state index contributed by atoms with van der Waals surface area (Å²) >= 11 is 6.36. The Morgan fingerprint density at radius 3 is 2.87 bits per heavy atom. The first-order chi connectivity index (χ1) is 14.6. The van der Waals surface area contributed by atoms with Crippen molar-refractivity contribution in [3.8, 4) is 5.88 Å². The fourth-order valence-corrected chi connectivity index (χ4v) is 3.10. The second-order valence-corrected chi connectivity index (χ2v) is 6.86. The molecule has 9 heteroatoms. The molecule has 1 unspecified atom stereocenters. The van der Waals surface area contributed by atoms with Crippen LogP contribution in [0.3, 0.4) is 0 Å². The minimum atomic E-state index is -0.368. The number of nitrogens with zero attached hydrogens (tertiary/aromatic N) is 3. The number of halogens is 1. The van der Waals surface area contributed by atoms with Gasteiger partial charge in [0.25, 0.3) is 5.91 Å². The average Bonchev–Trinajstić information content (AvgIpc) is 3.26. The summed E-state index contributed by atoms with van der Waals surface area (Å²) in [5.41, 5.74) is 2.17. The van der Waals surface area contributed by atoms with Crippen molar-refractivity contribution >= 4 is 29.1 Å². The molecule has 1 aliphatic rings. The number of nitrogens with one attached hydrogen (secondary N) is 1. The number of hydrogen-bond donors (Lipinski definition) is 1. The van der Waals surface area contributed by atoms with Crippen LogP contribution in [0.1, 0.15) is 30.0 Å². The molecule has 0 saturated carbocycles. The van der Waals surface area contributed by atoms with Crippen molar-refractivity contribution < 1.29 is 19.1 Å². The molecule has 1 N–H and O–H groups in total. The number of likely N-dealkylation sites (N-methyl/N-ethyl adjacent to an activating group) is 1. The Morgan fingerprint density at radius 1 is 1.40 bits per heavy atom. The number of pyridine rings is 1. The standard InChI is InChI=1S/C21H23ClN4O4/c1-4-15-11-25-20(30-15)14-9-17(22)21(24-10-14)29-12-13-7-5-6-8-16(13)18(26-28-3)19(27)23-2/h5-10,15H,4,11-12H2,1-3H3,(H,23,27)/b26-18+. The molecule has 8 nitrogen and oxygen atoms in total. The Labute approximate surface area is 179 Å².